The predicted octanol–water partition coefficient (Wildman–Crippen LogP) is 0.769. The van der Waals surface area contributed by atoms with Gasteiger partial charge in [-0.1, -0.05) is 4.85 Å². The molecule has 0 unspecified atom stereocenters. The van der Waals surface area contributed by atoms with E-state index in [4.69, 9.17) is 0 Å². The number of hydrogen-bond acceptors (Lipinski definition) is 3. The van der Waals surface area contributed by atoms with E-state index in [1.54, 1.807) is 0 Å². The maximum atomic E-state index is 9.29. The molecule has 1 heterocycles. The Morgan fingerprint density at radius 2 is 1.86 bits per heavy atom. The molecule has 0 aliphatic carbocycles. The molecule has 1 aromatic heterocycles. The van der Waals surface area contributed by atoms with Crippen molar-refractivity contribution in [3.8, 4) is 0 Å². The lowest BCUT2D eigenvalue weighted by molar-refractivity contribution is 0.154. The van der Waals surface area contributed by atoms with Gasteiger partial charge in [0, 0.05) is 0 Å². The van der Waals surface area contributed by atoms with Crippen LogP contribution in [0.1, 0.15) is 16.7 Å². The maximum Gasteiger partial charge on any atom is 0.131 e. The van der Waals surface area contributed by atoms with E-state index in [1.807, 2.05) is 26.8 Å². The summed E-state index contributed by atoms with van der Waals surface area (Å²) in [5.74, 6) is 0. The lowest BCUT2D eigenvalue weighted by Gasteiger charge is -2.03. The normalized spacial score (nSPS) is 10.2. The lowest BCUT2D eigenvalue weighted by Crippen LogP contribution is -1.93. The van der Waals surface area contributed by atoms with E-state index < -0.39 is 0 Å². The molecule has 0 aliphatic heterocycles. The highest BCUT2D eigenvalue weighted by Gasteiger charge is 2.09. The van der Waals surface area contributed by atoms with Gasteiger partial charge >= 0.3 is 0 Å². The second-order valence-electron chi connectivity index (χ2n) is 3.29. The van der Waals surface area contributed by atoms with Gasteiger partial charge in [0.05, 0.1) is 0 Å². The Balaban J connectivity index is 0.000000980. The van der Waals surface area contributed by atoms with Crippen LogP contribution in [0.2, 0.25) is 0 Å². The van der Waals surface area contributed by atoms with E-state index in [9.17, 15) is 5.21 Å². The van der Waals surface area contributed by atoms with Gasteiger partial charge < -0.3 is 10.7 Å². The molecule has 76 valence electrons. The summed E-state index contributed by atoms with van der Waals surface area (Å²) in [5, 5.41) is 16.7. The Morgan fingerprint density at radius 3 is 2.50 bits per heavy atom. The fourth-order valence-corrected chi connectivity index (χ4v) is 1.46. The van der Waals surface area contributed by atoms with Gasteiger partial charge in [0.2, 0.25) is 0 Å². The van der Waals surface area contributed by atoms with E-state index in [0.29, 0.717) is 5.52 Å². The van der Waals surface area contributed by atoms with Gasteiger partial charge in [-0.25, -0.2) is 0 Å². The minimum absolute atomic E-state index is 0. The molecule has 0 saturated heterocycles. The van der Waals surface area contributed by atoms with Crippen molar-refractivity contribution < 1.29 is 10.7 Å². The van der Waals surface area contributed by atoms with Crippen molar-refractivity contribution in [2.75, 3.05) is 0 Å². The minimum Gasteiger partial charge on any atom is -0.412 e. The average molecular weight is 195 g/mol. The summed E-state index contributed by atoms with van der Waals surface area (Å²) < 4.78 is 0. The number of aryl methyl sites for hydroxylation is 2. The van der Waals surface area contributed by atoms with Crippen LogP contribution in [0.15, 0.2) is 6.07 Å². The Labute approximate surface area is 81.2 Å². The zero-order valence-electron chi connectivity index (χ0n) is 8.37. The molecular weight excluding hydrogens is 182 g/mol. The molecule has 2 aromatic rings. The van der Waals surface area contributed by atoms with E-state index in [1.165, 1.54) is 5.56 Å². The fraction of sp³-hybridized carbons (Fsp3) is 0.333. The Morgan fingerprint density at radius 1 is 1.21 bits per heavy atom. The van der Waals surface area contributed by atoms with Crippen molar-refractivity contribution in [2.45, 2.75) is 20.8 Å². The molecule has 3 N–H and O–H groups in total. The van der Waals surface area contributed by atoms with Crippen LogP contribution in [-0.2, 0) is 0 Å². The number of aromatic nitrogens is 3. The average Bonchev–Trinajstić information content (AvgIpc) is 2.45. The molecule has 5 nitrogen and oxygen atoms in total. The number of hydrogen-bond donors (Lipinski definition) is 1. The molecule has 0 amide bonds. The van der Waals surface area contributed by atoms with Crippen molar-refractivity contribution in [2.24, 2.45) is 0 Å². The van der Waals surface area contributed by atoms with Crippen molar-refractivity contribution >= 4 is 11.0 Å². The highest BCUT2D eigenvalue weighted by molar-refractivity contribution is 5.80. The molecule has 2 rings (SSSR count). The topological polar surface area (TPSA) is 82.4 Å². The van der Waals surface area contributed by atoms with Gasteiger partial charge in [-0.05, 0) is 48.7 Å². The maximum absolute atomic E-state index is 9.29. The van der Waals surface area contributed by atoms with Crippen LogP contribution in [0, 0.1) is 20.8 Å². The Hall–Kier alpha value is -1.62. The molecule has 5 heteroatoms. The third-order valence-corrected chi connectivity index (χ3v) is 2.55. The van der Waals surface area contributed by atoms with Crippen LogP contribution in [-0.4, -0.2) is 25.8 Å². The molecular formula is C9H13N3O2. The molecule has 1 aromatic carbocycles. The molecule has 0 atom stereocenters. The summed E-state index contributed by atoms with van der Waals surface area (Å²) in [6, 6.07) is 1.89. The molecule has 0 fully saturated rings. The SMILES string of the molecule is Cc1cc2c(nnn2O)c(C)c1C.O. The summed E-state index contributed by atoms with van der Waals surface area (Å²) >= 11 is 0. The van der Waals surface area contributed by atoms with Gasteiger partial charge in [0.15, 0.2) is 0 Å². The quantitative estimate of drug-likeness (QED) is 0.630. The van der Waals surface area contributed by atoms with Crippen LogP contribution in [0.25, 0.3) is 11.0 Å². The number of rotatable bonds is 0. The first kappa shape index (κ1) is 10.5. The molecule has 14 heavy (non-hydrogen) atoms. The van der Waals surface area contributed by atoms with Gasteiger partial charge in [0.25, 0.3) is 0 Å². The smallest absolute Gasteiger partial charge is 0.131 e. The first-order valence-corrected chi connectivity index (χ1v) is 4.12. The van der Waals surface area contributed by atoms with Crippen LogP contribution >= 0.6 is 0 Å². The molecule has 0 spiro atoms. The van der Waals surface area contributed by atoms with Crippen molar-refractivity contribution in [1.82, 2.24) is 15.2 Å². The lowest BCUT2D eigenvalue weighted by atomic mass is 10.0. The molecule has 0 radical (unpaired) electrons. The third-order valence-electron chi connectivity index (χ3n) is 2.55. The first-order valence-electron chi connectivity index (χ1n) is 4.12. The number of fused-ring (bicyclic) bond motifs is 1. The molecule has 0 saturated carbocycles. The van der Waals surface area contributed by atoms with Gasteiger partial charge in [-0.2, -0.15) is 0 Å². The molecule has 0 aliphatic rings. The van der Waals surface area contributed by atoms with E-state index in [0.717, 1.165) is 21.5 Å². The Bertz CT molecular complexity index is 476. The standard InChI is InChI=1S/C9H11N3O.H2O/c1-5-4-8-9(7(3)6(5)2)10-11-12(8)13;/h4,13H,1-3H3;1H2. The van der Waals surface area contributed by atoms with Gasteiger partial charge in [0.1, 0.15) is 11.0 Å². The summed E-state index contributed by atoms with van der Waals surface area (Å²) in [6.07, 6.45) is 0. The monoisotopic (exact) mass is 195 g/mol. The second-order valence-corrected chi connectivity index (χ2v) is 3.29. The van der Waals surface area contributed by atoms with Crippen molar-refractivity contribution in [3.63, 3.8) is 0 Å². The van der Waals surface area contributed by atoms with Crippen LogP contribution < -0.4 is 0 Å². The first-order chi connectivity index (χ1) is 6.11. The van der Waals surface area contributed by atoms with Crippen LogP contribution in [0.5, 0.6) is 0 Å². The summed E-state index contributed by atoms with van der Waals surface area (Å²) in [7, 11) is 0. The van der Waals surface area contributed by atoms with Gasteiger partial charge in [-0.15, -0.1) is 5.10 Å². The zero-order valence-corrected chi connectivity index (χ0v) is 8.37. The minimum atomic E-state index is 0. The predicted molar refractivity (Wildman–Crippen MR) is 52.5 cm³/mol. The van der Waals surface area contributed by atoms with Gasteiger partial charge in [-0.3, -0.25) is 0 Å². The number of benzene rings is 1. The van der Waals surface area contributed by atoms with Crippen LogP contribution in [0.3, 0.4) is 0 Å². The number of nitrogens with zero attached hydrogens (tertiary/aromatic N) is 3. The fourth-order valence-electron chi connectivity index (χ4n) is 1.46. The Kier molecular flexibility index (Phi) is 2.44. The highest BCUT2D eigenvalue weighted by Crippen LogP contribution is 2.21. The third kappa shape index (κ3) is 1.22. The second kappa shape index (κ2) is 3.26. The van der Waals surface area contributed by atoms with Crippen LogP contribution in [0.4, 0.5) is 0 Å². The molecule has 0 bridgehead atoms. The summed E-state index contributed by atoms with van der Waals surface area (Å²) in [6.45, 7) is 6.04. The van der Waals surface area contributed by atoms with E-state index in [-0.39, 0.29) is 5.48 Å². The summed E-state index contributed by atoms with van der Waals surface area (Å²) in [4.78, 5) is 0.814. The highest BCUT2D eigenvalue weighted by atomic mass is 16.5. The van der Waals surface area contributed by atoms with Crippen molar-refractivity contribution in [1.29, 1.82) is 0 Å². The van der Waals surface area contributed by atoms with E-state index >= 15 is 0 Å². The van der Waals surface area contributed by atoms with Crippen molar-refractivity contribution in [3.05, 3.63) is 22.8 Å². The largest absolute Gasteiger partial charge is 0.412 e. The zero-order chi connectivity index (χ0) is 9.59. The van der Waals surface area contributed by atoms with E-state index in [2.05, 4.69) is 10.3 Å². The summed E-state index contributed by atoms with van der Waals surface area (Å²) in [5.41, 5.74) is 4.86.